The van der Waals surface area contributed by atoms with Crippen LogP contribution in [0.2, 0.25) is 0 Å². The highest BCUT2D eigenvalue weighted by Gasteiger charge is 2.26. The van der Waals surface area contributed by atoms with Gasteiger partial charge >= 0.3 is 0 Å². The molecule has 0 heterocycles. The van der Waals surface area contributed by atoms with Crippen LogP contribution in [0.15, 0.2) is 0 Å². The van der Waals surface area contributed by atoms with E-state index in [2.05, 4.69) is 34.6 Å². The average molecular weight is 172 g/mol. The molecule has 1 heteroatoms. The third kappa shape index (κ3) is 4.10. The Labute approximate surface area is 77.2 Å². The maximum Gasteiger partial charge on any atom is 0.0431 e. The van der Waals surface area contributed by atoms with Crippen molar-refractivity contribution in [3.63, 3.8) is 0 Å². The second-order valence-corrected chi connectivity index (χ2v) is 5.08. The van der Waals surface area contributed by atoms with Crippen LogP contribution in [0, 0.1) is 17.3 Å². The summed E-state index contributed by atoms with van der Waals surface area (Å²) < 4.78 is 0. The van der Waals surface area contributed by atoms with E-state index in [4.69, 9.17) is 5.11 Å². The van der Waals surface area contributed by atoms with E-state index in [1.165, 1.54) is 0 Å². The average Bonchev–Trinajstić information content (AvgIpc) is 1.84. The van der Waals surface area contributed by atoms with Gasteiger partial charge in [0, 0.05) is 6.61 Å². The number of hydrogen-bond donors (Lipinski definition) is 1. The van der Waals surface area contributed by atoms with Crippen molar-refractivity contribution in [1.29, 1.82) is 0 Å². The fourth-order valence-corrected chi connectivity index (χ4v) is 2.08. The first-order chi connectivity index (χ1) is 5.39. The van der Waals surface area contributed by atoms with E-state index in [1.807, 2.05) is 0 Å². The Bertz CT molecular complexity index is 111. The molecule has 0 rings (SSSR count). The summed E-state index contributed by atoms with van der Waals surface area (Å²) in [5, 5.41) is 8.76. The van der Waals surface area contributed by atoms with E-state index in [9.17, 15) is 0 Å². The summed E-state index contributed by atoms with van der Waals surface area (Å²) in [5.74, 6) is 1.45. The van der Waals surface area contributed by atoms with Gasteiger partial charge in [0.2, 0.25) is 0 Å². The monoisotopic (exact) mass is 172 g/mol. The summed E-state index contributed by atoms with van der Waals surface area (Å²) in [6.07, 6.45) is 2.10. The van der Waals surface area contributed by atoms with Crippen molar-refractivity contribution >= 4 is 0 Å². The van der Waals surface area contributed by atoms with Gasteiger partial charge in [0.25, 0.3) is 0 Å². The predicted octanol–water partition coefficient (Wildman–Crippen LogP) is 3.08. The molecule has 0 aliphatic heterocycles. The van der Waals surface area contributed by atoms with Crippen LogP contribution in [-0.2, 0) is 0 Å². The zero-order valence-electron chi connectivity index (χ0n) is 9.22. The summed E-state index contributed by atoms with van der Waals surface area (Å²) in [6, 6.07) is 0. The van der Waals surface area contributed by atoms with Gasteiger partial charge in [0.05, 0.1) is 0 Å². The van der Waals surface area contributed by atoms with Crippen LogP contribution in [0.1, 0.15) is 47.5 Å². The maximum absolute atomic E-state index is 8.76. The number of rotatable bonds is 4. The lowest BCUT2D eigenvalue weighted by atomic mass is 9.72. The van der Waals surface area contributed by atoms with E-state index in [0.29, 0.717) is 12.0 Å². The van der Waals surface area contributed by atoms with E-state index in [0.717, 1.165) is 24.7 Å². The first-order valence-electron chi connectivity index (χ1n) is 5.00. The van der Waals surface area contributed by atoms with Crippen molar-refractivity contribution in [2.75, 3.05) is 6.61 Å². The lowest BCUT2D eigenvalue weighted by Gasteiger charge is -2.34. The Morgan fingerprint density at radius 1 is 1.17 bits per heavy atom. The first-order valence-corrected chi connectivity index (χ1v) is 5.00. The number of hydrogen-bond acceptors (Lipinski definition) is 1. The molecule has 0 spiro atoms. The SMILES string of the molecule is CC(C)C(CCCO)C(C)(C)C. The van der Waals surface area contributed by atoms with Gasteiger partial charge < -0.3 is 5.11 Å². The highest BCUT2D eigenvalue weighted by atomic mass is 16.2. The second-order valence-electron chi connectivity index (χ2n) is 5.08. The van der Waals surface area contributed by atoms with Gasteiger partial charge in [-0.05, 0) is 30.1 Å². The van der Waals surface area contributed by atoms with E-state index in [1.54, 1.807) is 0 Å². The molecule has 0 aromatic heterocycles. The normalized spacial score (nSPS) is 15.2. The van der Waals surface area contributed by atoms with E-state index >= 15 is 0 Å². The molecular formula is C11H24O. The molecule has 1 nitrogen and oxygen atoms in total. The van der Waals surface area contributed by atoms with Crippen LogP contribution in [0.3, 0.4) is 0 Å². The second kappa shape index (κ2) is 4.86. The summed E-state index contributed by atoms with van der Waals surface area (Å²) in [6.45, 7) is 11.7. The predicted molar refractivity (Wildman–Crippen MR) is 54.1 cm³/mol. The topological polar surface area (TPSA) is 20.2 Å². The molecule has 1 unspecified atom stereocenters. The summed E-state index contributed by atoms with van der Waals surface area (Å²) in [7, 11) is 0. The Kier molecular flexibility index (Phi) is 4.84. The molecule has 0 saturated carbocycles. The molecule has 74 valence electrons. The number of aliphatic hydroxyl groups excluding tert-OH is 1. The van der Waals surface area contributed by atoms with Crippen LogP contribution in [-0.4, -0.2) is 11.7 Å². The standard InChI is InChI=1S/C11H24O/c1-9(2)10(7-6-8-12)11(3,4)5/h9-10,12H,6-8H2,1-5H3. The number of aliphatic hydroxyl groups is 1. The van der Waals surface area contributed by atoms with Crippen LogP contribution < -0.4 is 0 Å². The fourth-order valence-electron chi connectivity index (χ4n) is 2.08. The molecule has 0 radical (unpaired) electrons. The van der Waals surface area contributed by atoms with Crippen molar-refractivity contribution in [2.45, 2.75) is 47.5 Å². The molecule has 0 aliphatic carbocycles. The molecule has 0 aromatic rings. The molecule has 0 aromatic carbocycles. The minimum atomic E-state index is 0.333. The lowest BCUT2D eigenvalue weighted by molar-refractivity contribution is 0.150. The van der Waals surface area contributed by atoms with Crippen LogP contribution in [0.4, 0.5) is 0 Å². The molecular weight excluding hydrogens is 148 g/mol. The fraction of sp³-hybridized carbons (Fsp3) is 1.00. The van der Waals surface area contributed by atoms with Crippen LogP contribution in [0.25, 0.3) is 0 Å². The summed E-state index contributed by atoms with van der Waals surface area (Å²) >= 11 is 0. The van der Waals surface area contributed by atoms with Gasteiger partial charge in [-0.25, -0.2) is 0 Å². The Morgan fingerprint density at radius 2 is 1.67 bits per heavy atom. The third-order valence-electron chi connectivity index (χ3n) is 2.59. The van der Waals surface area contributed by atoms with E-state index < -0.39 is 0 Å². The van der Waals surface area contributed by atoms with Crippen molar-refractivity contribution in [1.82, 2.24) is 0 Å². The van der Waals surface area contributed by atoms with Crippen LogP contribution >= 0.6 is 0 Å². The first kappa shape index (κ1) is 12.0. The quantitative estimate of drug-likeness (QED) is 0.691. The Morgan fingerprint density at radius 3 is 1.92 bits per heavy atom. The molecule has 0 amide bonds. The van der Waals surface area contributed by atoms with Gasteiger partial charge in [-0.2, -0.15) is 0 Å². The van der Waals surface area contributed by atoms with Crippen LogP contribution in [0.5, 0.6) is 0 Å². The van der Waals surface area contributed by atoms with Gasteiger partial charge in [-0.3, -0.25) is 0 Å². The Balaban J connectivity index is 4.05. The minimum Gasteiger partial charge on any atom is -0.396 e. The summed E-state index contributed by atoms with van der Waals surface area (Å²) in [4.78, 5) is 0. The third-order valence-corrected chi connectivity index (χ3v) is 2.59. The highest BCUT2D eigenvalue weighted by molar-refractivity contribution is 4.76. The zero-order chi connectivity index (χ0) is 9.78. The molecule has 1 N–H and O–H groups in total. The maximum atomic E-state index is 8.76. The smallest absolute Gasteiger partial charge is 0.0431 e. The molecule has 0 saturated heterocycles. The molecule has 0 bridgehead atoms. The van der Waals surface area contributed by atoms with Crippen molar-refractivity contribution in [2.24, 2.45) is 17.3 Å². The van der Waals surface area contributed by atoms with Crippen molar-refractivity contribution in [3.05, 3.63) is 0 Å². The van der Waals surface area contributed by atoms with E-state index in [-0.39, 0.29) is 0 Å². The van der Waals surface area contributed by atoms with Crippen molar-refractivity contribution in [3.8, 4) is 0 Å². The van der Waals surface area contributed by atoms with Gasteiger partial charge in [-0.15, -0.1) is 0 Å². The lowest BCUT2D eigenvalue weighted by Crippen LogP contribution is -2.25. The molecule has 12 heavy (non-hydrogen) atoms. The molecule has 0 aliphatic rings. The molecule has 0 fully saturated rings. The highest BCUT2D eigenvalue weighted by Crippen LogP contribution is 2.35. The zero-order valence-corrected chi connectivity index (χ0v) is 9.22. The van der Waals surface area contributed by atoms with Gasteiger partial charge in [-0.1, -0.05) is 34.6 Å². The Hall–Kier alpha value is -0.0400. The van der Waals surface area contributed by atoms with Crippen molar-refractivity contribution < 1.29 is 5.11 Å². The largest absolute Gasteiger partial charge is 0.396 e. The van der Waals surface area contributed by atoms with Gasteiger partial charge in [0.15, 0.2) is 0 Å². The summed E-state index contributed by atoms with van der Waals surface area (Å²) in [5.41, 5.74) is 0.378. The minimum absolute atomic E-state index is 0.333. The van der Waals surface area contributed by atoms with Gasteiger partial charge in [0.1, 0.15) is 0 Å². The molecule has 1 atom stereocenters.